The molecule has 1 rings (SSSR count). The molecule has 108 valence electrons. The predicted molar refractivity (Wildman–Crippen MR) is 80.0 cm³/mol. The SMILES string of the molecule is CNCc1cc(F)c(N(C)C(C)CCSC)c(F)c1. The summed E-state index contributed by atoms with van der Waals surface area (Å²) < 4.78 is 28.1. The highest BCUT2D eigenvalue weighted by atomic mass is 32.2. The van der Waals surface area contributed by atoms with Crippen molar-refractivity contribution in [3.63, 3.8) is 0 Å². The Morgan fingerprint density at radius 1 is 1.32 bits per heavy atom. The Morgan fingerprint density at radius 2 is 1.89 bits per heavy atom. The van der Waals surface area contributed by atoms with Crippen molar-refractivity contribution in [1.29, 1.82) is 0 Å². The summed E-state index contributed by atoms with van der Waals surface area (Å²) >= 11 is 1.74. The first-order valence-electron chi connectivity index (χ1n) is 6.35. The van der Waals surface area contributed by atoms with Gasteiger partial charge in [-0.2, -0.15) is 11.8 Å². The van der Waals surface area contributed by atoms with Gasteiger partial charge in [-0.3, -0.25) is 0 Å². The smallest absolute Gasteiger partial charge is 0.149 e. The number of hydrogen-bond acceptors (Lipinski definition) is 3. The molecule has 0 aliphatic rings. The van der Waals surface area contributed by atoms with E-state index >= 15 is 0 Å². The lowest BCUT2D eigenvalue weighted by Crippen LogP contribution is -2.31. The van der Waals surface area contributed by atoms with E-state index < -0.39 is 11.6 Å². The number of hydrogen-bond donors (Lipinski definition) is 1. The molecule has 0 heterocycles. The lowest BCUT2D eigenvalue weighted by Gasteiger charge is -2.28. The summed E-state index contributed by atoms with van der Waals surface area (Å²) in [6.07, 6.45) is 2.93. The average Bonchev–Trinajstić information content (AvgIpc) is 2.35. The molecule has 1 aromatic rings. The van der Waals surface area contributed by atoms with Gasteiger partial charge in [0.2, 0.25) is 0 Å². The Labute approximate surface area is 118 Å². The van der Waals surface area contributed by atoms with Crippen molar-refractivity contribution in [2.24, 2.45) is 0 Å². The molecular formula is C14H22F2N2S. The second kappa shape index (κ2) is 7.70. The Morgan fingerprint density at radius 3 is 2.37 bits per heavy atom. The number of rotatable bonds is 7. The van der Waals surface area contributed by atoms with Crippen molar-refractivity contribution in [3.8, 4) is 0 Å². The van der Waals surface area contributed by atoms with Gasteiger partial charge in [-0.1, -0.05) is 0 Å². The van der Waals surface area contributed by atoms with E-state index in [-0.39, 0.29) is 11.7 Å². The minimum atomic E-state index is -0.497. The molecule has 0 spiro atoms. The van der Waals surface area contributed by atoms with Crippen LogP contribution in [0.1, 0.15) is 18.9 Å². The molecule has 1 unspecified atom stereocenters. The van der Waals surface area contributed by atoms with Crippen LogP contribution in [-0.2, 0) is 6.54 Å². The van der Waals surface area contributed by atoms with E-state index in [2.05, 4.69) is 5.32 Å². The summed E-state index contributed by atoms with van der Waals surface area (Å²) in [5.74, 6) is -0.0143. The first-order valence-corrected chi connectivity index (χ1v) is 7.75. The normalized spacial score (nSPS) is 12.5. The summed E-state index contributed by atoms with van der Waals surface area (Å²) in [6, 6.07) is 2.89. The fraction of sp³-hybridized carbons (Fsp3) is 0.571. The second-order valence-corrected chi connectivity index (χ2v) is 5.67. The highest BCUT2D eigenvalue weighted by molar-refractivity contribution is 7.98. The quantitative estimate of drug-likeness (QED) is 0.829. The summed E-state index contributed by atoms with van der Waals surface area (Å²) in [7, 11) is 3.49. The standard InChI is InChI=1S/C14H22F2N2S/c1-10(5-6-19-4)18(3)14-12(15)7-11(9-17-2)8-13(14)16/h7-8,10,17H,5-6,9H2,1-4H3. The number of nitrogens with one attached hydrogen (secondary N) is 1. The number of benzene rings is 1. The predicted octanol–water partition coefficient (Wildman–Crippen LogP) is 3.26. The average molecular weight is 288 g/mol. The van der Waals surface area contributed by atoms with Crippen molar-refractivity contribution in [1.82, 2.24) is 5.32 Å². The molecule has 2 nitrogen and oxygen atoms in total. The maximum absolute atomic E-state index is 14.1. The second-order valence-electron chi connectivity index (χ2n) is 4.68. The van der Waals surface area contributed by atoms with Gasteiger partial charge in [0.05, 0.1) is 0 Å². The molecule has 0 saturated heterocycles. The van der Waals surface area contributed by atoms with E-state index in [4.69, 9.17) is 0 Å². The van der Waals surface area contributed by atoms with Gasteiger partial charge in [-0.05, 0) is 50.1 Å². The first kappa shape index (κ1) is 16.2. The van der Waals surface area contributed by atoms with Gasteiger partial charge in [0.15, 0.2) is 0 Å². The Balaban J connectivity index is 2.93. The third kappa shape index (κ3) is 4.35. The molecule has 5 heteroatoms. The molecule has 0 amide bonds. The highest BCUT2D eigenvalue weighted by Gasteiger charge is 2.19. The molecule has 1 atom stereocenters. The zero-order valence-corrected chi connectivity index (χ0v) is 12.8. The number of thioether (sulfide) groups is 1. The molecule has 19 heavy (non-hydrogen) atoms. The van der Waals surface area contributed by atoms with Gasteiger partial charge < -0.3 is 10.2 Å². The maximum Gasteiger partial charge on any atom is 0.149 e. The Hall–Kier alpha value is -0.810. The van der Waals surface area contributed by atoms with Crippen molar-refractivity contribution < 1.29 is 8.78 Å². The minimum absolute atomic E-state index is 0.0634. The van der Waals surface area contributed by atoms with Crippen LogP contribution in [0.25, 0.3) is 0 Å². The third-order valence-corrected chi connectivity index (χ3v) is 3.86. The van der Waals surface area contributed by atoms with Gasteiger partial charge in [0, 0.05) is 19.6 Å². The van der Waals surface area contributed by atoms with Crippen molar-refractivity contribution >= 4 is 17.4 Å². The molecule has 1 aromatic carbocycles. The minimum Gasteiger partial charge on any atom is -0.367 e. The van der Waals surface area contributed by atoms with Gasteiger partial charge >= 0.3 is 0 Å². The molecule has 0 saturated carbocycles. The molecule has 0 aliphatic carbocycles. The van der Waals surface area contributed by atoms with Gasteiger partial charge in [0.1, 0.15) is 17.3 Å². The summed E-state index contributed by atoms with van der Waals surface area (Å²) in [5, 5.41) is 2.89. The van der Waals surface area contributed by atoms with E-state index in [9.17, 15) is 8.78 Å². The number of anilines is 1. The molecular weight excluding hydrogens is 266 g/mol. The van der Waals surface area contributed by atoms with Crippen LogP contribution in [-0.4, -0.2) is 32.1 Å². The van der Waals surface area contributed by atoms with E-state index in [1.807, 2.05) is 13.2 Å². The zero-order valence-electron chi connectivity index (χ0n) is 12.0. The Bertz CT molecular complexity index is 389. The van der Waals surface area contributed by atoms with Crippen LogP contribution in [0.3, 0.4) is 0 Å². The van der Waals surface area contributed by atoms with Gasteiger partial charge in [-0.25, -0.2) is 8.78 Å². The number of nitrogens with zero attached hydrogens (tertiary/aromatic N) is 1. The molecule has 0 fully saturated rings. The molecule has 1 N–H and O–H groups in total. The molecule has 0 radical (unpaired) electrons. The van der Waals surface area contributed by atoms with Crippen molar-refractivity contribution in [3.05, 3.63) is 29.3 Å². The van der Waals surface area contributed by atoms with Gasteiger partial charge in [-0.15, -0.1) is 0 Å². The lowest BCUT2D eigenvalue weighted by molar-refractivity contribution is 0.554. The lowest BCUT2D eigenvalue weighted by atomic mass is 10.1. The third-order valence-electron chi connectivity index (χ3n) is 3.21. The Kier molecular flexibility index (Phi) is 6.58. The monoisotopic (exact) mass is 288 g/mol. The summed E-state index contributed by atoms with van der Waals surface area (Å²) in [5.41, 5.74) is 0.680. The number of halogens is 2. The van der Waals surface area contributed by atoms with Crippen LogP contribution in [0.2, 0.25) is 0 Å². The first-order chi connectivity index (χ1) is 9.01. The van der Waals surface area contributed by atoms with Crippen LogP contribution < -0.4 is 10.2 Å². The van der Waals surface area contributed by atoms with E-state index in [1.165, 1.54) is 12.1 Å². The van der Waals surface area contributed by atoms with Crippen LogP contribution in [0.5, 0.6) is 0 Å². The van der Waals surface area contributed by atoms with Crippen molar-refractivity contribution in [2.45, 2.75) is 25.9 Å². The summed E-state index contributed by atoms with van der Waals surface area (Å²) in [4.78, 5) is 1.68. The maximum atomic E-state index is 14.1. The van der Waals surface area contributed by atoms with Crippen molar-refractivity contribution in [2.75, 3.05) is 31.0 Å². The van der Waals surface area contributed by atoms with Gasteiger partial charge in [0.25, 0.3) is 0 Å². The summed E-state index contributed by atoms with van der Waals surface area (Å²) in [6.45, 7) is 2.44. The van der Waals surface area contributed by atoms with Crippen LogP contribution >= 0.6 is 11.8 Å². The van der Waals surface area contributed by atoms with Crippen LogP contribution in [0, 0.1) is 11.6 Å². The highest BCUT2D eigenvalue weighted by Crippen LogP contribution is 2.26. The van der Waals surface area contributed by atoms with Crippen LogP contribution in [0.15, 0.2) is 12.1 Å². The molecule has 0 bridgehead atoms. The molecule has 0 aliphatic heterocycles. The van der Waals surface area contributed by atoms with E-state index in [0.29, 0.717) is 12.1 Å². The fourth-order valence-electron chi connectivity index (χ4n) is 1.96. The topological polar surface area (TPSA) is 15.3 Å². The van der Waals surface area contributed by atoms with Crippen LogP contribution in [0.4, 0.5) is 14.5 Å². The largest absolute Gasteiger partial charge is 0.367 e. The zero-order chi connectivity index (χ0) is 14.4. The van der Waals surface area contributed by atoms with E-state index in [0.717, 1.165) is 12.2 Å². The molecule has 0 aromatic heterocycles. The van der Waals surface area contributed by atoms with E-state index in [1.54, 1.807) is 30.8 Å². The fourth-order valence-corrected chi connectivity index (χ4v) is 2.54.